The molecule has 3 heteroatoms. The summed E-state index contributed by atoms with van der Waals surface area (Å²) in [7, 11) is 1.91. The second kappa shape index (κ2) is 1.99. The largest absolute Gasteiger partial charge is 0.610 e. The van der Waals surface area contributed by atoms with E-state index < -0.39 is 11.2 Å². The van der Waals surface area contributed by atoms with Gasteiger partial charge in [-0.25, -0.2) is 0 Å². The van der Waals surface area contributed by atoms with E-state index in [-0.39, 0.29) is 0 Å². The van der Waals surface area contributed by atoms with Crippen molar-refractivity contribution >= 4 is 11.2 Å². The Labute approximate surface area is 52.4 Å². The van der Waals surface area contributed by atoms with Crippen LogP contribution in [0, 0.1) is 0 Å². The summed E-state index contributed by atoms with van der Waals surface area (Å²) < 4.78 is 10.8. The fraction of sp³-hybridized carbons (Fsp3) is 0.600. The Morgan fingerprint density at radius 1 is 1.88 bits per heavy atom. The molecule has 0 N–H and O–H groups in total. The van der Waals surface area contributed by atoms with Crippen molar-refractivity contribution in [2.24, 2.45) is 0 Å². The molecule has 0 radical (unpaired) electrons. The van der Waals surface area contributed by atoms with Crippen LogP contribution in [-0.2, 0) is 11.2 Å². The summed E-state index contributed by atoms with van der Waals surface area (Å²) in [5.74, 6) is 0.759. The lowest BCUT2D eigenvalue weighted by Crippen LogP contribution is -2.10. The van der Waals surface area contributed by atoms with Crippen molar-refractivity contribution < 1.29 is 4.55 Å². The van der Waals surface area contributed by atoms with Gasteiger partial charge in [-0.3, -0.25) is 0 Å². The molecule has 1 heterocycles. The number of hydrogen-bond acceptors (Lipinski definition) is 2. The van der Waals surface area contributed by atoms with Crippen molar-refractivity contribution in [1.82, 2.24) is 4.90 Å². The molecule has 1 saturated heterocycles. The van der Waals surface area contributed by atoms with E-state index in [1.165, 1.54) is 0 Å². The summed E-state index contributed by atoms with van der Waals surface area (Å²) in [5, 5.41) is 0.769. The molecule has 1 fully saturated rings. The first-order valence-electron chi connectivity index (χ1n) is 2.50. The molecular weight excluding hydrogens is 122 g/mol. The van der Waals surface area contributed by atoms with Crippen LogP contribution in [0.25, 0.3) is 0 Å². The second-order valence-corrected chi connectivity index (χ2v) is 3.44. The van der Waals surface area contributed by atoms with Gasteiger partial charge in [0.05, 0.1) is 6.54 Å². The van der Waals surface area contributed by atoms with Crippen LogP contribution >= 0.6 is 0 Å². The molecule has 1 rings (SSSR count). The lowest BCUT2D eigenvalue weighted by Gasteiger charge is -2.06. The molecule has 1 unspecified atom stereocenters. The molecule has 0 spiro atoms. The Morgan fingerprint density at radius 2 is 2.50 bits per heavy atom. The summed E-state index contributed by atoms with van der Waals surface area (Å²) in [6.45, 7) is 4.54. The van der Waals surface area contributed by atoms with E-state index in [9.17, 15) is 4.55 Å². The third-order valence-electron chi connectivity index (χ3n) is 1.30. The molecule has 0 aromatic rings. The van der Waals surface area contributed by atoms with E-state index >= 15 is 0 Å². The van der Waals surface area contributed by atoms with Crippen LogP contribution in [0.1, 0.15) is 0 Å². The first kappa shape index (κ1) is 5.98. The quantitative estimate of drug-likeness (QED) is 0.437. The summed E-state index contributed by atoms with van der Waals surface area (Å²) in [6.07, 6.45) is 0. The standard InChI is InChI=1S/C5H9NOS/c1-5-6(2)3-4-8(5)7/h1,3-4H2,2H3. The third kappa shape index (κ3) is 0.833. The topological polar surface area (TPSA) is 26.3 Å². The Bertz CT molecular complexity index is 103. The van der Waals surface area contributed by atoms with Gasteiger partial charge < -0.3 is 9.45 Å². The minimum Gasteiger partial charge on any atom is -0.610 e. The normalized spacial score (nSPS) is 29.5. The maximum absolute atomic E-state index is 10.8. The first-order chi connectivity index (χ1) is 3.72. The number of nitrogens with zero attached hydrogens (tertiary/aromatic N) is 1. The van der Waals surface area contributed by atoms with Gasteiger partial charge in [-0.15, -0.1) is 0 Å². The highest BCUT2D eigenvalue weighted by molar-refractivity contribution is 7.95. The summed E-state index contributed by atoms with van der Waals surface area (Å²) >= 11 is -0.766. The third-order valence-corrected chi connectivity index (χ3v) is 2.69. The van der Waals surface area contributed by atoms with Gasteiger partial charge in [0.1, 0.15) is 5.75 Å². The highest BCUT2D eigenvalue weighted by atomic mass is 32.2. The lowest BCUT2D eigenvalue weighted by atomic mass is 10.7. The van der Waals surface area contributed by atoms with Crippen molar-refractivity contribution in [2.45, 2.75) is 0 Å². The molecule has 1 atom stereocenters. The molecule has 0 saturated carbocycles. The fourth-order valence-corrected chi connectivity index (χ4v) is 1.75. The van der Waals surface area contributed by atoms with Crippen molar-refractivity contribution in [3.63, 3.8) is 0 Å². The predicted molar refractivity (Wildman–Crippen MR) is 34.8 cm³/mol. The SMILES string of the molecule is C=C1N(C)CC[S+]1[O-]. The van der Waals surface area contributed by atoms with Crippen molar-refractivity contribution in [1.29, 1.82) is 0 Å². The minimum atomic E-state index is -0.766. The molecule has 0 bridgehead atoms. The van der Waals surface area contributed by atoms with Crippen LogP contribution in [0.4, 0.5) is 0 Å². The number of hydrogen-bond donors (Lipinski definition) is 0. The zero-order valence-electron chi connectivity index (χ0n) is 4.89. The van der Waals surface area contributed by atoms with Crippen molar-refractivity contribution in [3.05, 3.63) is 11.6 Å². The van der Waals surface area contributed by atoms with Gasteiger partial charge in [-0.1, -0.05) is 0 Å². The average molecular weight is 131 g/mol. The first-order valence-corrected chi connectivity index (χ1v) is 3.82. The van der Waals surface area contributed by atoms with Crippen molar-refractivity contribution in [3.8, 4) is 0 Å². The molecule has 2 nitrogen and oxygen atoms in total. The molecular formula is C5H9NOS. The molecule has 0 aliphatic carbocycles. The molecule has 0 aromatic heterocycles. The van der Waals surface area contributed by atoms with Crippen LogP contribution in [-0.4, -0.2) is 28.8 Å². The van der Waals surface area contributed by atoms with E-state index in [2.05, 4.69) is 6.58 Å². The zero-order valence-corrected chi connectivity index (χ0v) is 5.70. The fourth-order valence-electron chi connectivity index (χ4n) is 0.636. The van der Waals surface area contributed by atoms with Crippen LogP contribution in [0.15, 0.2) is 11.6 Å². The second-order valence-electron chi connectivity index (χ2n) is 1.86. The van der Waals surface area contributed by atoms with E-state index in [0.29, 0.717) is 0 Å². The van der Waals surface area contributed by atoms with Gasteiger partial charge in [0, 0.05) is 18.2 Å². The average Bonchev–Trinajstić information content (AvgIpc) is 1.98. The van der Waals surface area contributed by atoms with E-state index in [0.717, 1.165) is 17.3 Å². The molecule has 0 amide bonds. The lowest BCUT2D eigenvalue weighted by molar-refractivity contribution is 0.493. The summed E-state index contributed by atoms with van der Waals surface area (Å²) in [5.41, 5.74) is 0. The Morgan fingerprint density at radius 3 is 2.62 bits per heavy atom. The van der Waals surface area contributed by atoms with Crippen LogP contribution in [0.5, 0.6) is 0 Å². The van der Waals surface area contributed by atoms with Gasteiger partial charge in [0.2, 0.25) is 5.03 Å². The molecule has 46 valence electrons. The van der Waals surface area contributed by atoms with Crippen LogP contribution in [0.3, 0.4) is 0 Å². The Kier molecular flexibility index (Phi) is 1.49. The van der Waals surface area contributed by atoms with Crippen LogP contribution < -0.4 is 0 Å². The van der Waals surface area contributed by atoms with Crippen LogP contribution in [0.2, 0.25) is 0 Å². The summed E-state index contributed by atoms with van der Waals surface area (Å²) in [4.78, 5) is 1.93. The highest BCUT2D eigenvalue weighted by Gasteiger charge is 2.24. The van der Waals surface area contributed by atoms with Gasteiger partial charge in [0.25, 0.3) is 0 Å². The minimum absolute atomic E-state index is 0.759. The molecule has 0 aromatic carbocycles. The monoisotopic (exact) mass is 131 g/mol. The van der Waals surface area contributed by atoms with E-state index in [4.69, 9.17) is 0 Å². The zero-order chi connectivity index (χ0) is 6.15. The Balaban J connectivity index is 2.57. The van der Waals surface area contributed by atoms with Gasteiger partial charge in [-0.05, 0) is 6.58 Å². The molecule has 8 heavy (non-hydrogen) atoms. The number of rotatable bonds is 0. The molecule has 1 aliphatic heterocycles. The Hall–Kier alpha value is -0.150. The van der Waals surface area contributed by atoms with Gasteiger partial charge in [0.15, 0.2) is 0 Å². The van der Waals surface area contributed by atoms with E-state index in [1.54, 1.807) is 0 Å². The maximum Gasteiger partial charge on any atom is 0.213 e. The van der Waals surface area contributed by atoms with Gasteiger partial charge in [-0.2, -0.15) is 0 Å². The van der Waals surface area contributed by atoms with Gasteiger partial charge >= 0.3 is 0 Å². The van der Waals surface area contributed by atoms with Crippen molar-refractivity contribution in [2.75, 3.05) is 19.3 Å². The van der Waals surface area contributed by atoms with E-state index in [1.807, 2.05) is 11.9 Å². The molecule has 1 aliphatic rings. The highest BCUT2D eigenvalue weighted by Crippen LogP contribution is 2.15. The smallest absolute Gasteiger partial charge is 0.213 e. The maximum atomic E-state index is 10.8. The predicted octanol–water partition coefficient (Wildman–Crippen LogP) is 0.152. The summed E-state index contributed by atoms with van der Waals surface area (Å²) in [6, 6.07) is 0.